The molecule has 0 saturated heterocycles. The first kappa shape index (κ1) is 11.5. The highest BCUT2D eigenvalue weighted by Crippen LogP contribution is 2.25. The quantitative estimate of drug-likeness (QED) is 0.753. The Balaban J connectivity index is 2.12. The predicted molar refractivity (Wildman–Crippen MR) is 72.7 cm³/mol. The molecule has 2 aromatic heterocycles. The van der Waals surface area contributed by atoms with Crippen molar-refractivity contribution in [3.63, 3.8) is 0 Å². The maximum atomic E-state index is 6.16. The van der Waals surface area contributed by atoms with Crippen molar-refractivity contribution >= 4 is 5.82 Å². The summed E-state index contributed by atoms with van der Waals surface area (Å²) in [7, 11) is 1.84. The highest BCUT2D eigenvalue weighted by Gasteiger charge is 2.15. The molecule has 0 spiro atoms. The molecule has 0 saturated carbocycles. The number of hydrogen-bond donors (Lipinski definition) is 1. The van der Waals surface area contributed by atoms with Gasteiger partial charge in [0.1, 0.15) is 11.6 Å². The molecule has 0 aliphatic carbocycles. The Hall–Kier alpha value is -2.63. The van der Waals surface area contributed by atoms with Gasteiger partial charge in [0, 0.05) is 7.05 Å². The second-order valence-electron chi connectivity index (χ2n) is 4.30. The molecule has 3 rings (SSSR count). The Morgan fingerprint density at radius 3 is 2.53 bits per heavy atom. The van der Waals surface area contributed by atoms with Crippen molar-refractivity contribution in [3.8, 4) is 17.1 Å². The first-order valence-electron chi connectivity index (χ1n) is 5.94. The van der Waals surface area contributed by atoms with Crippen molar-refractivity contribution in [3.05, 3.63) is 42.4 Å². The molecule has 96 valence electrons. The molecular weight excluding hydrogens is 240 g/mol. The van der Waals surface area contributed by atoms with E-state index in [1.807, 2.05) is 44.3 Å². The largest absolute Gasteiger partial charge is 0.383 e. The number of aryl methyl sites for hydroxylation is 2. The van der Waals surface area contributed by atoms with Crippen LogP contribution in [0.1, 0.15) is 5.82 Å². The molecule has 6 heteroatoms. The Bertz CT molecular complexity index is 710. The zero-order valence-electron chi connectivity index (χ0n) is 10.8. The van der Waals surface area contributed by atoms with Crippen LogP contribution >= 0.6 is 0 Å². The van der Waals surface area contributed by atoms with Gasteiger partial charge in [-0.2, -0.15) is 10.2 Å². The van der Waals surface area contributed by atoms with Crippen LogP contribution < -0.4 is 5.73 Å². The average Bonchev–Trinajstić information content (AvgIpc) is 2.93. The van der Waals surface area contributed by atoms with Crippen molar-refractivity contribution in [2.24, 2.45) is 7.05 Å². The summed E-state index contributed by atoms with van der Waals surface area (Å²) in [5.74, 6) is 1.99. The lowest BCUT2D eigenvalue weighted by Crippen LogP contribution is -2.03. The van der Waals surface area contributed by atoms with Gasteiger partial charge < -0.3 is 5.73 Å². The molecule has 0 unspecified atom stereocenters. The Kier molecular flexibility index (Phi) is 2.56. The van der Waals surface area contributed by atoms with Crippen LogP contribution in [0.25, 0.3) is 17.1 Å². The molecule has 0 radical (unpaired) electrons. The van der Waals surface area contributed by atoms with Crippen molar-refractivity contribution < 1.29 is 0 Å². The lowest BCUT2D eigenvalue weighted by atomic mass is 10.3. The number of nitrogen functional groups attached to an aromatic ring is 1. The number of rotatable bonds is 2. The van der Waals surface area contributed by atoms with Gasteiger partial charge in [-0.15, -0.1) is 0 Å². The van der Waals surface area contributed by atoms with E-state index < -0.39 is 0 Å². The van der Waals surface area contributed by atoms with E-state index in [1.165, 1.54) is 0 Å². The van der Waals surface area contributed by atoms with Crippen LogP contribution in [0, 0.1) is 6.92 Å². The summed E-state index contributed by atoms with van der Waals surface area (Å²) >= 11 is 0. The molecule has 19 heavy (non-hydrogen) atoms. The summed E-state index contributed by atoms with van der Waals surface area (Å²) < 4.78 is 3.40. The molecule has 0 bridgehead atoms. The molecule has 2 heterocycles. The van der Waals surface area contributed by atoms with Crippen molar-refractivity contribution in [2.75, 3.05) is 5.73 Å². The summed E-state index contributed by atoms with van der Waals surface area (Å²) in [4.78, 5) is 4.37. The van der Waals surface area contributed by atoms with E-state index in [2.05, 4.69) is 15.2 Å². The zero-order valence-corrected chi connectivity index (χ0v) is 10.8. The van der Waals surface area contributed by atoms with Crippen molar-refractivity contribution in [1.29, 1.82) is 0 Å². The first-order valence-corrected chi connectivity index (χ1v) is 5.94. The van der Waals surface area contributed by atoms with Crippen LogP contribution in [-0.4, -0.2) is 24.5 Å². The van der Waals surface area contributed by atoms with Crippen molar-refractivity contribution in [1.82, 2.24) is 24.5 Å². The van der Waals surface area contributed by atoms with Gasteiger partial charge >= 0.3 is 0 Å². The number of para-hydroxylation sites is 1. The number of hydrogen-bond acceptors (Lipinski definition) is 4. The number of anilines is 1. The fourth-order valence-electron chi connectivity index (χ4n) is 2.05. The standard InChI is InChI=1S/C13H14N6/c1-9-16-13(18(2)17-9)11-8-15-19(12(11)14)10-6-4-3-5-7-10/h3-8H,14H2,1-2H3. The van der Waals surface area contributed by atoms with Gasteiger partial charge in [-0.1, -0.05) is 18.2 Å². The van der Waals surface area contributed by atoms with Gasteiger partial charge in [0.25, 0.3) is 0 Å². The van der Waals surface area contributed by atoms with E-state index >= 15 is 0 Å². The number of nitrogens with two attached hydrogens (primary N) is 1. The molecule has 6 nitrogen and oxygen atoms in total. The van der Waals surface area contributed by atoms with Crippen LogP contribution in [0.3, 0.4) is 0 Å². The normalized spacial score (nSPS) is 10.8. The third-order valence-electron chi connectivity index (χ3n) is 2.92. The van der Waals surface area contributed by atoms with Crippen LogP contribution in [-0.2, 0) is 7.05 Å². The number of nitrogens with zero attached hydrogens (tertiary/aromatic N) is 5. The third-order valence-corrected chi connectivity index (χ3v) is 2.92. The fraction of sp³-hybridized carbons (Fsp3) is 0.154. The minimum absolute atomic E-state index is 0.557. The van der Waals surface area contributed by atoms with Gasteiger partial charge in [-0.3, -0.25) is 0 Å². The van der Waals surface area contributed by atoms with E-state index in [9.17, 15) is 0 Å². The van der Waals surface area contributed by atoms with Crippen LogP contribution in [0.4, 0.5) is 5.82 Å². The Morgan fingerprint density at radius 2 is 1.89 bits per heavy atom. The molecule has 2 N–H and O–H groups in total. The van der Waals surface area contributed by atoms with Crippen LogP contribution in [0.15, 0.2) is 36.5 Å². The highest BCUT2D eigenvalue weighted by atomic mass is 15.4. The SMILES string of the molecule is Cc1nc(-c2cnn(-c3ccccc3)c2N)n(C)n1. The molecule has 0 aliphatic heterocycles. The molecule has 3 aromatic rings. The third kappa shape index (κ3) is 1.87. The van der Waals surface area contributed by atoms with E-state index in [-0.39, 0.29) is 0 Å². The maximum absolute atomic E-state index is 6.16. The monoisotopic (exact) mass is 254 g/mol. The fourth-order valence-corrected chi connectivity index (χ4v) is 2.05. The van der Waals surface area contributed by atoms with Gasteiger partial charge in [0.05, 0.1) is 17.4 Å². The van der Waals surface area contributed by atoms with Gasteiger partial charge in [-0.25, -0.2) is 14.3 Å². The smallest absolute Gasteiger partial charge is 0.163 e. The topological polar surface area (TPSA) is 74.6 Å². The molecular formula is C13H14N6. The highest BCUT2D eigenvalue weighted by molar-refractivity contribution is 5.69. The summed E-state index contributed by atoms with van der Waals surface area (Å²) in [5, 5.41) is 8.55. The number of aromatic nitrogens is 5. The number of benzene rings is 1. The van der Waals surface area contributed by atoms with E-state index in [4.69, 9.17) is 5.73 Å². The van der Waals surface area contributed by atoms with Crippen LogP contribution in [0.5, 0.6) is 0 Å². The molecule has 0 atom stereocenters. The van der Waals surface area contributed by atoms with Gasteiger partial charge in [-0.05, 0) is 19.1 Å². The van der Waals surface area contributed by atoms with E-state index in [0.29, 0.717) is 11.6 Å². The maximum Gasteiger partial charge on any atom is 0.163 e. The summed E-state index contributed by atoms with van der Waals surface area (Å²) in [6.07, 6.45) is 1.71. The van der Waals surface area contributed by atoms with Gasteiger partial charge in [0.2, 0.25) is 0 Å². The predicted octanol–water partition coefficient (Wildman–Crippen LogP) is 1.56. The van der Waals surface area contributed by atoms with E-state index in [0.717, 1.165) is 17.1 Å². The minimum atomic E-state index is 0.557. The second kappa shape index (κ2) is 4.24. The zero-order chi connectivity index (χ0) is 13.4. The van der Waals surface area contributed by atoms with Gasteiger partial charge in [0.15, 0.2) is 5.82 Å². The molecule has 0 fully saturated rings. The molecule has 1 aromatic carbocycles. The minimum Gasteiger partial charge on any atom is -0.383 e. The summed E-state index contributed by atoms with van der Waals surface area (Å²) in [6.45, 7) is 1.85. The Morgan fingerprint density at radius 1 is 1.16 bits per heavy atom. The Labute approximate surface area is 110 Å². The van der Waals surface area contributed by atoms with Crippen molar-refractivity contribution in [2.45, 2.75) is 6.92 Å². The summed E-state index contributed by atoms with van der Waals surface area (Å²) in [5.41, 5.74) is 7.87. The van der Waals surface area contributed by atoms with E-state index in [1.54, 1.807) is 15.6 Å². The lowest BCUT2D eigenvalue weighted by molar-refractivity contribution is 0.764. The lowest BCUT2D eigenvalue weighted by Gasteiger charge is -2.04. The first-order chi connectivity index (χ1) is 9.16. The summed E-state index contributed by atoms with van der Waals surface area (Å²) in [6, 6.07) is 9.76. The van der Waals surface area contributed by atoms with Crippen LogP contribution in [0.2, 0.25) is 0 Å². The second-order valence-corrected chi connectivity index (χ2v) is 4.30. The average molecular weight is 254 g/mol. The molecule has 0 aliphatic rings. The molecule has 0 amide bonds.